The van der Waals surface area contributed by atoms with Crippen molar-refractivity contribution in [1.82, 2.24) is 0 Å². The summed E-state index contributed by atoms with van der Waals surface area (Å²) in [5.74, 6) is 0. The molecule has 0 aliphatic rings. The van der Waals surface area contributed by atoms with Gasteiger partial charge in [-0.25, -0.2) is 0 Å². The molecule has 0 spiro atoms. The first-order valence-corrected chi connectivity index (χ1v) is 8.69. The highest BCUT2D eigenvalue weighted by Gasteiger charge is 2.09. The van der Waals surface area contributed by atoms with E-state index in [4.69, 9.17) is 11.6 Å². The van der Waals surface area contributed by atoms with Crippen molar-refractivity contribution in [2.75, 3.05) is 18.0 Å². The molecule has 0 fully saturated rings. The molecule has 0 bridgehead atoms. The van der Waals surface area contributed by atoms with Crippen LogP contribution in [0.15, 0.2) is 46.9 Å². The molecule has 0 radical (unpaired) electrons. The van der Waals surface area contributed by atoms with Gasteiger partial charge in [0.25, 0.3) is 0 Å². The van der Waals surface area contributed by atoms with Gasteiger partial charge in [0.1, 0.15) is 0 Å². The Morgan fingerprint density at radius 3 is 2.48 bits per heavy atom. The van der Waals surface area contributed by atoms with E-state index in [-0.39, 0.29) is 0 Å². The molecule has 118 valence electrons. The van der Waals surface area contributed by atoms with Gasteiger partial charge >= 0.3 is 0 Å². The summed E-state index contributed by atoms with van der Waals surface area (Å²) in [4.78, 5) is 2.27. The Morgan fingerprint density at radius 1 is 1.22 bits per heavy atom. The maximum absolute atomic E-state index is 9.46. The average molecular weight is 390 g/mol. The van der Waals surface area contributed by atoms with Crippen molar-refractivity contribution in [3.05, 3.63) is 63.1 Å². The average Bonchev–Trinajstić information content (AvgIpc) is 2.56. The van der Waals surface area contributed by atoms with Crippen LogP contribution in [0.2, 0.25) is 5.02 Å². The van der Waals surface area contributed by atoms with E-state index in [0.29, 0.717) is 10.6 Å². The quantitative estimate of drug-likeness (QED) is 0.462. The van der Waals surface area contributed by atoms with Crippen molar-refractivity contribution >= 4 is 44.9 Å². The molecule has 0 heterocycles. The number of anilines is 1. The molecule has 0 N–H and O–H groups in total. The van der Waals surface area contributed by atoms with Crippen LogP contribution in [0.25, 0.3) is 11.6 Å². The standard InChI is InChI=1S/C19H18BrClN2/c1-3-23(4-2)19-10-9-14(12-17(19)20)11-15(13-22)16-7-5-6-8-18(16)21/h5-12H,3-4H2,1-2H3. The normalized spacial score (nSPS) is 11.2. The van der Waals surface area contributed by atoms with Crippen molar-refractivity contribution in [3.63, 3.8) is 0 Å². The zero-order valence-electron chi connectivity index (χ0n) is 13.2. The molecule has 0 unspecified atom stereocenters. The predicted molar refractivity (Wildman–Crippen MR) is 103 cm³/mol. The molecule has 2 aromatic rings. The number of benzene rings is 2. The van der Waals surface area contributed by atoms with E-state index in [2.05, 4.69) is 46.8 Å². The number of hydrogen-bond donors (Lipinski definition) is 0. The van der Waals surface area contributed by atoms with E-state index in [0.717, 1.165) is 34.4 Å². The molecule has 2 nitrogen and oxygen atoms in total. The predicted octanol–water partition coefficient (Wildman–Crippen LogP) is 6.01. The fourth-order valence-electron chi connectivity index (χ4n) is 2.45. The van der Waals surface area contributed by atoms with Crippen LogP contribution < -0.4 is 4.90 Å². The van der Waals surface area contributed by atoms with Gasteiger partial charge in [-0.3, -0.25) is 0 Å². The lowest BCUT2D eigenvalue weighted by atomic mass is 10.0. The first-order valence-electron chi connectivity index (χ1n) is 7.51. The molecule has 0 amide bonds. The first-order chi connectivity index (χ1) is 11.1. The monoisotopic (exact) mass is 388 g/mol. The molecule has 0 atom stereocenters. The number of allylic oxidation sites excluding steroid dienone is 1. The largest absolute Gasteiger partial charge is 0.371 e. The Kier molecular flexibility index (Phi) is 6.27. The summed E-state index contributed by atoms with van der Waals surface area (Å²) in [5.41, 5.74) is 3.42. The van der Waals surface area contributed by atoms with E-state index in [9.17, 15) is 5.26 Å². The molecular formula is C19H18BrClN2. The summed E-state index contributed by atoms with van der Waals surface area (Å²) in [6, 6.07) is 15.8. The molecule has 0 saturated carbocycles. The second-order valence-electron chi connectivity index (χ2n) is 5.03. The molecular weight excluding hydrogens is 372 g/mol. The minimum Gasteiger partial charge on any atom is -0.371 e. The summed E-state index contributed by atoms with van der Waals surface area (Å²) >= 11 is 9.82. The van der Waals surface area contributed by atoms with Crippen molar-refractivity contribution in [3.8, 4) is 6.07 Å². The lowest BCUT2D eigenvalue weighted by molar-refractivity contribution is 0.864. The topological polar surface area (TPSA) is 27.0 Å². The fraction of sp³-hybridized carbons (Fsp3) is 0.211. The molecule has 2 rings (SSSR count). The molecule has 0 aliphatic heterocycles. The zero-order valence-corrected chi connectivity index (χ0v) is 15.5. The van der Waals surface area contributed by atoms with Gasteiger partial charge in [0, 0.05) is 28.1 Å². The Labute approximate surface area is 151 Å². The number of halogens is 2. The third-order valence-corrected chi connectivity index (χ3v) is 4.64. The van der Waals surface area contributed by atoms with Crippen LogP contribution >= 0.6 is 27.5 Å². The van der Waals surface area contributed by atoms with E-state index >= 15 is 0 Å². The molecule has 0 saturated heterocycles. The van der Waals surface area contributed by atoms with Crippen LogP contribution in [0.5, 0.6) is 0 Å². The molecule has 0 aromatic heterocycles. The molecule has 23 heavy (non-hydrogen) atoms. The summed E-state index contributed by atoms with van der Waals surface area (Å²) in [6.07, 6.45) is 1.86. The van der Waals surface area contributed by atoms with E-state index in [1.54, 1.807) is 6.07 Å². The van der Waals surface area contributed by atoms with Gasteiger partial charge in [0.2, 0.25) is 0 Å². The fourth-order valence-corrected chi connectivity index (χ4v) is 3.34. The Balaban J connectivity index is 2.41. The highest BCUT2D eigenvalue weighted by Crippen LogP contribution is 2.30. The Morgan fingerprint density at radius 2 is 1.91 bits per heavy atom. The van der Waals surface area contributed by atoms with Crippen molar-refractivity contribution in [2.45, 2.75) is 13.8 Å². The Bertz CT molecular complexity index is 758. The second kappa shape index (κ2) is 8.19. The third-order valence-electron chi connectivity index (χ3n) is 3.67. The van der Waals surface area contributed by atoms with Crippen molar-refractivity contribution in [1.29, 1.82) is 5.26 Å². The summed E-state index contributed by atoms with van der Waals surface area (Å²) < 4.78 is 1.02. The van der Waals surface area contributed by atoms with Crippen molar-refractivity contribution in [2.24, 2.45) is 0 Å². The van der Waals surface area contributed by atoms with Crippen LogP contribution in [0.1, 0.15) is 25.0 Å². The lowest BCUT2D eigenvalue weighted by Gasteiger charge is -2.22. The number of nitriles is 1. The number of hydrogen-bond acceptors (Lipinski definition) is 2. The second-order valence-corrected chi connectivity index (χ2v) is 6.29. The van der Waals surface area contributed by atoms with Crippen LogP contribution in [-0.4, -0.2) is 13.1 Å². The lowest BCUT2D eigenvalue weighted by Crippen LogP contribution is -2.22. The van der Waals surface area contributed by atoms with Gasteiger partial charge < -0.3 is 4.90 Å². The minimum atomic E-state index is 0.554. The van der Waals surface area contributed by atoms with E-state index in [1.165, 1.54) is 0 Å². The van der Waals surface area contributed by atoms with Gasteiger partial charge in [0.05, 0.1) is 17.3 Å². The summed E-state index contributed by atoms with van der Waals surface area (Å²) in [6.45, 7) is 6.17. The highest BCUT2D eigenvalue weighted by molar-refractivity contribution is 9.10. The van der Waals surface area contributed by atoms with Gasteiger partial charge in [-0.15, -0.1) is 0 Å². The van der Waals surface area contributed by atoms with E-state index in [1.807, 2.05) is 36.4 Å². The van der Waals surface area contributed by atoms with Crippen LogP contribution in [0.4, 0.5) is 5.69 Å². The van der Waals surface area contributed by atoms with Crippen LogP contribution in [0, 0.1) is 11.3 Å². The van der Waals surface area contributed by atoms with Crippen LogP contribution in [-0.2, 0) is 0 Å². The SMILES string of the molecule is CCN(CC)c1ccc(C=C(C#N)c2ccccc2Cl)cc1Br. The van der Waals surface area contributed by atoms with Crippen molar-refractivity contribution < 1.29 is 0 Å². The number of rotatable bonds is 5. The first kappa shape index (κ1) is 17.6. The summed E-state index contributed by atoms with van der Waals surface area (Å²) in [5, 5.41) is 10.0. The van der Waals surface area contributed by atoms with Gasteiger partial charge in [-0.2, -0.15) is 5.26 Å². The highest BCUT2D eigenvalue weighted by atomic mass is 79.9. The molecule has 2 aromatic carbocycles. The maximum atomic E-state index is 9.46. The van der Waals surface area contributed by atoms with E-state index < -0.39 is 0 Å². The molecule has 4 heteroatoms. The smallest absolute Gasteiger partial charge is 0.0998 e. The number of nitrogens with zero attached hydrogens (tertiary/aromatic N) is 2. The minimum absolute atomic E-state index is 0.554. The molecule has 0 aliphatic carbocycles. The Hall–Kier alpha value is -1.76. The van der Waals surface area contributed by atoms with Crippen LogP contribution in [0.3, 0.4) is 0 Å². The third kappa shape index (κ3) is 4.16. The van der Waals surface area contributed by atoms with Gasteiger partial charge in [-0.1, -0.05) is 35.9 Å². The van der Waals surface area contributed by atoms with Gasteiger partial charge in [-0.05, 0) is 59.6 Å². The maximum Gasteiger partial charge on any atom is 0.0998 e. The summed E-state index contributed by atoms with van der Waals surface area (Å²) in [7, 11) is 0. The van der Waals surface area contributed by atoms with Gasteiger partial charge in [0.15, 0.2) is 0 Å². The zero-order chi connectivity index (χ0) is 16.8.